The topological polar surface area (TPSA) is 35.2 Å². The predicted octanol–water partition coefficient (Wildman–Crippen LogP) is 4.29. The molecule has 1 aliphatic rings. The molecule has 1 saturated carbocycles. The van der Waals surface area contributed by atoms with Crippen molar-refractivity contribution in [2.45, 2.75) is 65.0 Å². The van der Waals surface area contributed by atoms with Gasteiger partial charge in [-0.25, -0.2) is 0 Å². The second-order valence-corrected chi connectivity index (χ2v) is 6.13. The van der Waals surface area contributed by atoms with Gasteiger partial charge in [0.05, 0.1) is 12.1 Å². The van der Waals surface area contributed by atoms with Crippen molar-refractivity contribution in [3.8, 4) is 0 Å². The van der Waals surface area contributed by atoms with Crippen LogP contribution in [0.1, 0.15) is 61.8 Å². The van der Waals surface area contributed by atoms with Gasteiger partial charge in [-0.3, -0.25) is 0 Å². The van der Waals surface area contributed by atoms with Crippen molar-refractivity contribution in [2.24, 2.45) is 11.7 Å². The first-order chi connectivity index (χ1) is 9.65. The Morgan fingerprint density at radius 3 is 2.55 bits per heavy atom. The normalized spacial score (nSPS) is 19.8. The molecule has 0 heterocycles. The van der Waals surface area contributed by atoms with Gasteiger partial charge in [0.15, 0.2) is 0 Å². The maximum Gasteiger partial charge on any atom is 0.0795 e. The molecule has 2 N–H and O–H groups in total. The predicted molar refractivity (Wildman–Crippen MR) is 84.8 cm³/mol. The third kappa shape index (κ3) is 3.42. The zero-order chi connectivity index (χ0) is 14.5. The van der Waals surface area contributed by atoms with Gasteiger partial charge in [0.25, 0.3) is 0 Å². The summed E-state index contributed by atoms with van der Waals surface area (Å²) >= 11 is 0. The Labute approximate surface area is 123 Å². The summed E-state index contributed by atoms with van der Waals surface area (Å²) in [5, 5.41) is 0. The van der Waals surface area contributed by atoms with Crippen molar-refractivity contribution >= 4 is 0 Å². The molecule has 20 heavy (non-hydrogen) atoms. The Hall–Kier alpha value is -0.860. The van der Waals surface area contributed by atoms with Crippen LogP contribution < -0.4 is 5.73 Å². The average Bonchev–Trinajstić information content (AvgIpc) is 2.48. The number of rotatable bonds is 5. The lowest BCUT2D eigenvalue weighted by atomic mass is 9.80. The molecule has 0 bridgehead atoms. The van der Waals surface area contributed by atoms with Crippen LogP contribution in [-0.4, -0.2) is 12.7 Å². The molecule has 1 aromatic carbocycles. The van der Waals surface area contributed by atoms with Crippen molar-refractivity contribution in [3.63, 3.8) is 0 Å². The molecule has 1 aliphatic carbocycles. The van der Waals surface area contributed by atoms with Crippen molar-refractivity contribution in [3.05, 3.63) is 34.9 Å². The van der Waals surface area contributed by atoms with Crippen molar-refractivity contribution in [2.75, 3.05) is 6.61 Å². The molecule has 2 rings (SSSR count). The Morgan fingerprint density at radius 2 is 1.90 bits per heavy atom. The number of benzene rings is 1. The second-order valence-electron chi connectivity index (χ2n) is 6.13. The Balaban J connectivity index is 2.21. The second kappa shape index (κ2) is 7.24. The fourth-order valence-electron chi connectivity index (χ4n) is 3.50. The largest absolute Gasteiger partial charge is 0.376 e. The molecule has 0 amide bonds. The van der Waals surface area contributed by atoms with Crippen molar-refractivity contribution in [1.82, 2.24) is 0 Å². The van der Waals surface area contributed by atoms with E-state index in [1.807, 2.05) is 0 Å². The number of hydrogen-bond acceptors (Lipinski definition) is 2. The van der Waals surface area contributed by atoms with Crippen LogP contribution in [0.15, 0.2) is 18.2 Å². The van der Waals surface area contributed by atoms with Crippen molar-refractivity contribution in [1.29, 1.82) is 0 Å². The number of aryl methyl sites for hydroxylation is 1. The van der Waals surface area contributed by atoms with E-state index >= 15 is 0 Å². The number of ether oxygens (including phenoxy) is 1. The molecule has 0 spiro atoms. The highest BCUT2D eigenvalue weighted by Gasteiger charge is 2.30. The van der Waals surface area contributed by atoms with Gasteiger partial charge in [0, 0.05) is 6.61 Å². The van der Waals surface area contributed by atoms with Gasteiger partial charge in [0.1, 0.15) is 0 Å². The van der Waals surface area contributed by atoms with Gasteiger partial charge in [-0.05, 0) is 56.2 Å². The van der Waals surface area contributed by atoms with Crippen LogP contribution in [0.25, 0.3) is 0 Å². The van der Waals surface area contributed by atoms with Gasteiger partial charge in [-0.2, -0.15) is 0 Å². The third-order valence-corrected chi connectivity index (χ3v) is 4.83. The molecular formula is C18H29NO. The first kappa shape index (κ1) is 15.5. The molecular weight excluding hydrogens is 246 g/mol. The molecule has 1 aromatic rings. The lowest BCUT2D eigenvalue weighted by Crippen LogP contribution is -2.37. The zero-order valence-corrected chi connectivity index (χ0v) is 13.2. The first-order valence-electron chi connectivity index (χ1n) is 8.08. The van der Waals surface area contributed by atoms with E-state index in [9.17, 15) is 0 Å². The minimum atomic E-state index is -0.00190. The van der Waals surface area contributed by atoms with Crippen LogP contribution in [-0.2, 0) is 4.74 Å². The monoisotopic (exact) mass is 275 g/mol. The molecule has 2 atom stereocenters. The van der Waals surface area contributed by atoms with Crippen LogP contribution in [0.3, 0.4) is 0 Å². The maximum atomic E-state index is 6.60. The minimum Gasteiger partial charge on any atom is -0.376 e. The molecule has 0 aromatic heterocycles. The fraction of sp³-hybridized carbons (Fsp3) is 0.667. The van der Waals surface area contributed by atoms with E-state index in [1.165, 1.54) is 48.8 Å². The summed E-state index contributed by atoms with van der Waals surface area (Å²) in [5.74, 6) is 0.624. The van der Waals surface area contributed by atoms with Gasteiger partial charge in [-0.15, -0.1) is 0 Å². The molecule has 112 valence electrons. The fourth-order valence-corrected chi connectivity index (χ4v) is 3.50. The van der Waals surface area contributed by atoms with Gasteiger partial charge in [-0.1, -0.05) is 37.5 Å². The van der Waals surface area contributed by atoms with Gasteiger partial charge < -0.3 is 10.5 Å². The summed E-state index contributed by atoms with van der Waals surface area (Å²) < 4.78 is 6.07. The van der Waals surface area contributed by atoms with E-state index in [-0.39, 0.29) is 12.1 Å². The zero-order valence-electron chi connectivity index (χ0n) is 13.2. The van der Waals surface area contributed by atoms with E-state index in [0.29, 0.717) is 5.92 Å². The highest BCUT2D eigenvalue weighted by Crippen LogP contribution is 2.34. The SMILES string of the molecule is CCOC(C1CCCCC1)C(N)c1cccc(C)c1C. The summed E-state index contributed by atoms with van der Waals surface area (Å²) in [7, 11) is 0. The average molecular weight is 275 g/mol. The maximum absolute atomic E-state index is 6.60. The smallest absolute Gasteiger partial charge is 0.0795 e. The van der Waals surface area contributed by atoms with E-state index < -0.39 is 0 Å². The molecule has 0 radical (unpaired) electrons. The van der Waals surface area contributed by atoms with E-state index in [0.717, 1.165) is 6.61 Å². The summed E-state index contributed by atoms with van der Waals surface area (Å²) in [6, 6.07) is 6.43. The van der Waals surface area contributed by atoms with Crippen LogP contribution in [0, 0.1) is 19.8 Å². The highest BCUT2D eigenvalue weighted by atomic mass is 16.5. The summed E-state index contributed by atoms with van der Waals surface area (Å²) in [5.41, 5.74) is 10.5. The molecule has 0 saturated heterocycles. The van der Waals surface area contributed by atoms with Gasteiger partial charge >= 0.3 is 0 Å². The van der Waals surface area contributed by atoms with E-state index in [4.69, 9.17) is 10.5 Å². The lowest BCUT2D eigenvalue weighted by molar-refractivity contribution is -0.00997. The molecule has 1 fully saturated rings. The van der Waals surface area contributed by atoms with E-state index in [1.54, 1.807) is 0 Å². The summed E-state index contributed by atoms with van der Waals surface area (Å²) in [6.45, 7) is 7.15. The van der Waals surface area contributed by atoms with E-state index in [2.05, 4.69) is 39.0 Å². The Bertz CT molecular complexity index is 423. The molecule has 2 unspecified atom stereocenters. The van der Waals surface area contributed by atoms with Crippen LogP contribution in [0.4, 0.5) is 0 Å². The number of hydrogen-bond donors (Lipinski definition) is 1. The van der Waals surface area contributed by atoms with Crippen LogP contribution in [0.2, 0.25) is 0 Å². The quantitative estimate of drug-likeness (QED) is 0.870. The molecule has 0 aliphatic heterocycles. The highest BCUT2D eigenvalue weighted by molar-refractivity contribution is 5.35. The number of nitrogens with two attached hydrogens (primary N) is 1. The van der Waals surface area contributed by atoms with Gasteiger partial charge in [0.2, 0.25) is 0 Å². The Morgan fingerprint density at radius 1 is 1.20 bits per heavy atom. The summed E-state index contributed by atoms with van der Waals surface area (Å²) in [4.78, 5) is 0. The summed E-state index contributed by atoms with van der Waals surface area (Å²) in [6.07, 6.45) is 6.72. The van der Waals surface area contributed by atoms with Crippen LogP contribution >= 0.6 is 0 Å². The molecule has 2 heteroatoms. The third-order valence-electron chi connectivity index (χ3n) is 4.83. The standard InChI is InChI=1S/C18H29NO/c1-4-20-18(15-10-6-5-7-11-15)17(19)16-12-8-9-13(2)14(16)3/h8-9,12,15,17-18H,4-7,10-11,19H2,1-3H3. The van der Waals surface area contributed by atoms with Crippen molar-refractivity contribution < 1.29 is 4.74 Å². The Kier molecular flexibility index (Phi) is 5.62. The lowest BCUT2D eigenvalue weighted by Gasteiger charge is -2.34. The van der Waals surface area contributed by atoms with Crippen LogP contribution in [0.5, 0.6) is 0 Å². The first-order valence-corrected chi connectivity index (χ1v) is 8.08. The molecule has 2 nitrogen and oxygen atoms in total. The minimum absolute atomic E-state index is 0.00190.